The number of fused-ring (bicyclic) bond motifs is 1. The molecular formula is C23H24N4O3. The van der Waals surface area contributed by atoms with Crippen LogP contribution in [0.15, 0.2) is 54.7 Å². The number of amides is 2. The van der Waals surface area contributed by atoms with Crippen molar-refractivity contribution in [3.05, 3.63) is 65.9 Å². The van der Waals surface area contributed by atoms with Crippen molar-refractivity contribution in [2.45, 2.75) is 19.4 Å². The lowest BCUT2D eigenvalue weighted by atomic mass is 10.0. The summed E-state index contributed by atoms with van der Waals surface area (Å²) in [6.07, 6.45) is 2.19. The first-order chi connectivity index (χ1) is 14.5. The molecule has 3 N–H and O–H groups in total. The SMILES string of the molecule is CCC1CN(C(=O)c2ccccc2)CCN1C(=O)C(=O)c1c[nH]c2c(N)cccc12. The molecule has 0 saturated carbocycles. The molecule has 4 rings (SSSR count). The predicted molar refractivity (Wildman–Crippen MR) is 115 cm³/mol. The third-order valence-corrected chi connectivity index (χ3v) is 5.71. The topological polar surface area (TPSA) is 99.5 Å². The van der Waals surface area contributed by atoms with E-state index in [4.69, 9.17) is 5.73 Å². The highest BCUT2D eigenvalue weighted by Crippen LogP contribution is 2.25. The molecule has 7 nitrogen and oxygen atoms in total. The van der Waals surface area contributed by atoms with Gasteiger partial charge in [-0.15, -0.1) is 0 Å². The number of hydrogen-bond acceptors (Lipinski definition) is 4. The van der Waals surface area contributed by atoms with E-state index >= 15 is 0 Å². The number of carbonyl (C=O) groups excluding carboxylic acids is 3. The third-order valence-electron chi connectivity index (χ3n) is 5.71. The van der Waals surface area contributed by atoms with Gasteiger partial charge in [0.05, 0.1) is 16.8 Å². The Morgan fingerprint density at radius 3 is 2.57 bits per heavy atom. The molecule has 0 spiro atoms. The Labute approximate surface area is 174 Å². The minimum atomic E-state index is -0.562. The molecule has 1 atom stereocenters. The van der Waals surface area contributed by atoms with E-state index in [0.717, 1.165) is 0 Å². The highest BCUT2D eigenvalue weighted by atomic mass is 16.2. The number of nitrogen functional groups attached to an aromatic ring is 1. The second-order valence-electron chi connectivity index (χ2n) is 7.48. The zero-order valence-electron chi connectivity index (χ0n) is 16.8. The van der Waals surface area contributed by atoms with Crippen LogP contribution in [-0.2, 0) is 4.79 Å². The first kappa shape index (κ1) is 19.7. The summed E-state index contributed by atoms with van der Waals surface area (Å²) in [7, 11) is 0. The summed E-state index contributed by atoms with van der Waals surface area (Å²) < 4.78 is 0. The first-order valence-corrected chi connectivity index (χ1v) is 10.1. The molecule has 1 saturated heterocycles. The molecule has 30 heavy (non-hydrogen) atoms. The van der Waals surface area contributed by atoms with Crippen LogP contribution in [0.2, 0.25) is 0 Å². The van der Waals surface area contributed by atoms with Gasteiger partial charge in [0.1, 0.15) is 0 Å². The molecule has 0 bridgehead atoms. The standard InChI is InChI=1S/C23H24N4O3/c1-2-16-14-26(22(29)15-7-4-3-5-8-15)11-12-27(16)23(30)21(28)18-13-25-20-17(18)9-6-10-19(20)24/h3-10,13,16,25H,2,11-12,14,24H2,1H3. The Bertz CT molecular complexity index is 1110. The number of para-hydroxylation sites is 1. The zero-order valence-corrected chi connectivity index (χ0v) is 16.8. The Morgan fingerprint density at radius 2 is 1.83 bits per heavy atom. The smallest absolute Gasteiger partial charge is 0.295 e. The molecule has 1 unspecified atom stereocenters. The maximum Gasteiger partial charge on any atom is 0.295 e. The number of Topliss-reactive ketones (excluding diaryl/α,β-unsaturated/α-hetero) is 1. The number of carbonyl (C=O) groups is 3. The van der Waals surface area contributed by atoms with E-state index in [1.165, 1.54) is 6.20 Å². The van der Waals surface area contributed by atoms with Crippen molar-refractivity contribution in [1.29, 1.82) is 0 Å². The van der Waals surface area contributed by atoms with E-state index < -0.39 is 11.7 Å². The molecule has 0 radical (unpaired) electrons. The highest BCUT2D eigenvalue weighted by molar-refractivity contribution is 6.45. The summed E-state index contributed by atoms with van der Waals surface area (Å²) in [5.41, 5.74) is 8.07. The summed E-state index contributed by atoms with van der Waals surface area (Å²) >= 11 is 0. The fourth-order valence-electron chi connectivity index (χ4n) is 4.03. The molecule has 2 aromatic carbocycles. The Hall–Kier alpha value is -3.61. The van der Waals surface area contributed by atoms with E-state index in [1.54, 1.807) is 40.1 Å². The van der Waals surface area contributed by atoms with Gasteiger partial charge in [-0.3, -0.25) is 14.4 Å². The van der Waals surface area contributed by atoms with Gasteiger partial charge >= 0.3 is 0 Å². The van der Waals surface area contributed by atoms with Crippen molar-refractivity contribution in [3.63, 3.8) is 0 Å². The summed E-state index contributed by atoms with van der Waals surface area (Å²) in [5, 5.41) is 0.638. The van der Waals surface area contributed by atoms with Gasteiger partial charge in [-0.1, -0.05) is 37.3 Å². The van der Waals surface area contributed by atoms with Crippen LogP contribution in [-0.4, -0.2) is 58.1 Å². The number of nitrogens with two attached hydrogens (primary N) is 1. The van der Waals surface area contributed by atoms with Gasteiger partial charge in [-0.2, -0.15) is 0 Å². The quantitative estimate of drug-likeness (QED) is 0.397. The van der Waals surface area contributed by atoms with Gasteiger partial charge in [0.15, 0.2) is 0 Å². The van der Waals surface area contributed by atoms with Crippen LogP contribution in [0.5, 0.6) is 0 Å². The number of piperazine rings is 1. The number of H-pyrrole nitrogens is 1. The fourth-order valence-corrected chi connectivity index (χ4v) is 4.03. The summed E-state index contributed by atoms with van der Waals surface area (Å²) in [6.45, 7) is 3.08. The van der Waals surface area contributed by atoms with Crippen LogP contribution in [0.1, 0.15) is 34.1 Å². The van der Waals surface area contributed by atoms with E-state index in [-0.39, 0.29) is 11.9 Å². The average molecular weight is 404 g/mol. The van der Waals surface area contributed by atoms with Crippen molar-refractivity contribution in [3.8, 4) is 0 Å². The fraction of sp³-hybridized carbons (Fsp3) is 0.261. The maximum atomic E-state index is 13.1. The molecule has 1 aliphatic heterocycles. The van der Waals surface area contributed by atoms with Crippen LogP contribution in [0.4, 0.5) is 5.69 Å². The molecule has 1 fully saturated rings. The summed E-state index contributed by atoms with van der Waals surface area (Å²) in [4.78, 5) is 45.2. The van der Waals surface area contributed by atoms with E-state index in [0.29, 0.717) is 53.8 Å². The van der Waals surface area contributed by atoms with Crippen molar-refractivity contribution in [2.75, 3.05) is 25.4 Å². The molecule has 2 amide bonds. The number of hydrogen-bond donors (Lipinski definition) is 2. The summed E-state index contributed by atoms with van der Waals surface area (Å²) in [5.74, 6) is -1.16. The monoisotopic (exact) mass is 404 g/mol. The Balaban J connectivity index is 1.52. The van der Waals surface area contributed by atoms with Crippen LogP contribution < -0.4 is 5.73 Å². The van der Waals surface area contributed by atoms with Crippen LogP contribution in [0.25, 0.3) is 10.9 Å². The van der Waals surface area contributed by atoms with Gasteiger partial charge in [-0.05, 0) is 24.6 Å². The highest BCUT2D eigenvalue weighted by Gasteiger charge is 2.35. The Kier molecular flexibility index (Phi) is 5.27. The lowest BCUT2D eigenvalue weighted by molar-refractivity contribution is -0.130. The lowest BCUT2D eigenvalue weighted by Gasteiger charge is -2.40. The van der Waals surface area contributed by atoms with Gasteiger partial charge in [0, 0.05) is 42.8 Å². The minimum Gasteiger partial charge on any atom is -0.397 e. The van der Waals surface area contributed by atoms with Crippen LogP contribution in [0, 0.1) is 0 Å². The maximum absolute atomic E-state index is 13.1. The number of aromatic nitrogens is 1. The van der Waals surface area contributed by atoms with Gasteiger partial charge in [0.2, 0.25) is 0 Å². The van der Waals surface area contributed by atoms with E-state index in [9.17, 15) is 14.4 Å². The van der Waals surface area contributed by atoms with Gasteiger partial charge in [0.25, 0.3) is 17.6 Å². The number of nitrogens with one attached hydrogen (secondary N) is 1. The van der Waals surface area contributed by atoms with Gasteiger partial charge < -0.3 is 20.5 Å². The van der Waals surface area contributed by atoms with E-state index in [1.807, 2.05) is 25.1 Å². The lowest BCUT2D eigenvalue weighted by Crippen LogP contribution is -2.57. The summed E-state index contributed by atoms with van der Waals surface area (Å²) in [6, 6.07) is 14.2. The number of benzene rings is 2. The second-order valence-corrected chi connectivity index (χ2v) is 7.48. The molecule has 3 aromatic rings. The molecule has 7 heteroatoms. The molecular weight excluding hydrogens is 380 g/mol. The van der Waals surface area contributed by atoms with Crippen molar-refractivity contribution in [1.82, 2.24) is 14.8 Å². The van der Waals surface area contributed by atoms with Crippen molar-refractivity contribution < 1.29 is 14.4 Å². The van der Waals surface area contributed by atoms with Crippen molar-refractivity contribution >= 4 is 34.2 Å². The normalized spacial score (nSPS) is 16.6. The Morgan fingerprint density at radius 1 is 1.07 bits per heavy atom. The largest absolute Gasteiger partial charge is 0.397 e. The first-order valence-electron chi connectivity index (χ1n) is 10.1. The number of anilines is 1. The van der Waals surface area contributed by atoms with Gasteiger partial charge in [-0.25, -0.2) is 0 Å². The minimum absolute atomic E-state index is 0.0559. The molecule has 1 aromatic heterocycles. The zero-order chi connectivity index (χ0) is 21.3. The number of rotatable bonds is 4. The number of ketones is 1. The molecule has 1 aliphatic rings. The number of aromatic amines is 1. The average Bonchev–Trinajstić information content (AvgIpc) is 3.23. The van der Waals surface area contributed by atoms with Crippen molar-refractivity contribution in [2.24, 2.45) is 0 Å². The van der Waals surface area contributed by atoms with Crippen LogP contribution >= 0.6 is 0 Å². The molecule has 154 valence electrons. The van der Waals surface area contributed by atoms with E-state index in [2.05, 4.69) is 4.98 Å². The molecule has 2 heterocycles. The second kappa shape index (κ2) is 8.02. The third kappa shape index (κ3) is 3.43. The number of nitrogens with zero attached hydrogens (tertiary/aromatic N) is 2. The van der Waals surface area contributed by atoms with Crippen LogP contribution in [0.3, 0.4) is 0 Å². The molecule has 0 aliphatic carbocycles. The predicted octanol–water partition coefficient (Wildman–Crippen LogP) is 2.70.